The smallest absolute Gasteiger partial charge is 0.386 e. The third-order valence-corrected chi connectivity index (χ3v) is 10.8. The molecule has 6 aromatic rings. The summed E-state index contributed by atoms with van der Waals surface area (Å²) in [7, 11) is 3.87. The second-order valence-corrected chi connectivity index (χ2v) is 14.4. The number of nitrogens with zero attached hydrogens (tertiary/aromatic N) is 12. The third-order valence-electron chi connectivity index (χ3n) is 10.8. The molecular formula is C43H40N12O4. The Bertz CT molecular complexity index is 2490. The highest BCUT2D eigenvalue weighted by atomic mass is 17.0. The van der Waals surface area contributed by atoms with Crippen molar-refractivity contribution < 1.29 is 18.9 Å². The van der Waals surface area contributed by atoms with Gasteiger partial charge in [0, 0.05) is 14.1 Å². The van der Waals surface area contributed by atoms with Crippen LogP contribution in [0, 0.1) is 13.8 Å². The van der Waals surface area contributed by atoms with Crippen molar-refractivity contribution in [3.8, 4) is 23.1 Å². The van der Waals surface area contributed by atoms with Gasteiger partial charge >= 0.3 is 6.16 Å². The molecule has 0 aliphatic carbocycles. The van der Waals surface area contributed by atoms with Crippen LogP contribution < -0.4 is 19.5 Å². The molecule has 1 spiro atoms. The molecule has 16 nitrogen and oxygen atoms in total. The molecule has 0 bridgehead atoms. The van der Waals surface area contributed by atoms with Crippen LogP contribution >= 0.6 is 0 Å². The number of rotatable bonds is 4. The average Bonchev–Trinajstić information content (AvgIpc) is 3.91. The lowest BCUT2D eigenvalue weighted by molar-refractivity contribution is -0.458. The van der Waals surface area contributed by atoms with E-state index in [0.29, 0.717) is 45.5 Å². The molecule has 2 atom stereocenters. The Morgan fingerprint density at radius 2 is 0.797 bits per heavy atom. The minimum atomic E-state index is -2.48. The SMILES string of the molecule is CC1=C2N=Nc3c(C)nn(-c4ccccc4)c3OC3(Oc4c(c(C)nn4-c4ccccc4)N=NC4=C(C)N(C)N(c5ccccc5)C4O3)OC2N(c2ccccc2)N1C. The first-order valence-electron chi connectivity index (χ1n) is 19.2. The van der Waals surface area contributed by atoms with Gasteiger partial charge in [0.2, 0.25) is 12.5 Å². The van der Waals surface area contributed by atoms with Crippen molar-refractivity contribution in [2.24, 2.45) is 20.5 Å². The molecule has 296 valence electrons. The second kappa shape index (κ2) is 14.0. The summed E-state index contributed by atoms with van der Waals surface area (Å²) < 4.78 is 32.5. The Morgan fingerprint density at radius 3 is 1.15 bits per heavy atom. The molecular weight excluding hydrogens is 749 g/mol. The molecule has 59 heavy (non-hydrogen) atoms. The number of ether oxygens (including phenoxy) is 4. The van der Waals surface area contributed by atoms with Gasteiger partial charge in [-0.05, 0) is 76.2 Å². The molecule has 2 aromatic heterocycles. The molecule has 0 amide bonds. The van der Waals surface area contributed by atoms with E-state index in [1.165, 1.54) is 0 Å². The number of azo groups is 2. The predicted molar refractivity (Wildman–Crippen MR) is 218 cm³/mol. The fourth-order valence-corrected chi connectivity index (χ4v) is 7.55. The van der Waals surface area contributed by atoms with E-state index in [1.54, 1.807) is 9.36 Å². The van der Waals surface area contributed by atoms with E-state index in [9.17, 15) is 0 Å². The topological polar surface area (TPSA) is 135 Å². The van der Waals surface area contributed by atoms with Crippen molar-refractivity contribution in [2.45, 2.75) is 46.3 Å². The molecule has 10 rings (SSSR count). The number of hydrogen-bond acceptors (Lipinski definition) is 14. The van der Waals surface area contributed by atoms with Crippen LogP contribution in [0.3, 0.4) is 0 Å². The molecule has 0 saturated heterocycles. The zero-order chi connectivity index (χ0) is 40.4. The van der Waals surface area contributed by atoms with Crippen molar-refractivity contribution in [2.75, 3.05) is 24.1 Å². The summed E-state index contributed by atoms with van der Waals surface area (Å²) in [5.41, 5.74) is 7.34. The highest BCUT2D eigenvalue weighted by molar-refractivity contribution is 5.59. The Labute approximate surface area is 340 Å². The van der Waals surface area contributed by atoms with Crippen LogP contribution in [0.25, 0.3) is 11.4 Å². The lowest BCUT2D eigenvalue weighted by Crippen LogP contribution is -2.58. The Hall–Kier alpha value is -7.30. The van der Waals surface area contributed by atoms with Crippen LogP contribution in [-0.2, 0) is 9.47 Å². The minimum Gasteiger partial charge on any atom is -0.386 e. The van der Waals surface area contributed by atoms with Crippen LogP contribution in [0.2, 0.25) is 0 Å². The zero-order valence-corrected chi connectivity index (χ0v) is 33.2. The van der Waals surface area contributed by atoms with Gasteiger partial charge in [0.25, 0.3) is 11.8 Å². The van der Waals surface area contributed by atoms with Gasteiger partial charge in [-0.15, -0.1) is 20.5 Å². The summed E-state index contributed by atoms with van der Waals surface area (Å²) in [5.74, 6) is 0.319. The van der Waals surface area contributed by atoms with Crippen LogP contribution in [0.15, 0.2) is 165 Å². The number of benzene rings is 4. The number of fused-ring (bicyclic) bond motifs is 4. The van der Waals surface area contributed by atoms with E-state index in [4.69, 9.17) is 49.6 Å². The summed E-state index contributed by atoms with van der Waals surface area (Å²) in [6.45, 7) is 7.62. The summed E-state index contributed by atoms with van der Waals surface area (Å²) in [6.07, 6.45) is -4.51. The van der Waals surface area contributed by atoms with Gasteiger partial charge in [0.15, 0.2) is 11.4 Å². The van der Waals surface area contributed by atoms with E-state index in [1.807, 2.05) is 183 Å². The molecule has 4 aromatic carbocycles. The largest absolute Gasteiger partial charge is 0.517 e. The lowest BCUT2D eigenvalue weighted by atomic mass is 10.3. The molecule has 2 unspecified atom stereocenters. The number of aromatic nitrogens is 4. The first-order valence-corrected chi connectivity index (χ1v) is 19.2. The maximum atomic E-state index is 7.37. The second-order valence-electron chi connectivity index (χ2n) is 14.4. The van der Waals surface area contributed by atoms with E-state index >= 15 is 0 Å². The predicted octanol–water partition coefficient (Wildman–Crippen LogP) is 8.82. The summed E-state index contributed by atoms with van der Waals surface area (Å²) >= 11 is 0. The van der Waals surface area contributed by atoms with E-state index < -0.39 is 18.6 Å². The van der Waals surface area contributed by atoms with Gasteiger partial charge < -0.3 is 9.47 Å². The maximum absolute atomic E-state index is 7.37. The maximum Gasteiger partial charge on any atom is 0.517 e. The van der Waals surface area contributed by atoms with Crippen molar-refractivity contribution in [3.63, 3.8) is 0 Å². The average molecular weight is 789 g/mol. The fraction of sp³-hybridized carbons (Fsp3) is 0.209. The molecule has 0 fully saturated rings. The number of hydrazine groups is 2. The monoisotopic (exact) mass is 788 g/mol. The molecule has 4 aliphatic heterocycles. The van der Waals surface area contributed by atoms with Crippen LogP contribution in [-0.4, -0.2) is 62.3 Å². The number of allylic oxidation sites excluding steroid dienone is 2. The highest BCUT2D eigenvalue weighted by Crippen LogP contribution is 2.48. The van der Waals surface area contributed by atoms with Gasteiger partial charge in [-0.1, -0.05) is 72.8 Å². The Balaban J connectivity index is 1.27. The number of aryl methyl sites for hydroxylation is 2. The normalized spacial score (nSPS) is 21.2. The molecule has 0 saturated carbocycles. The van der Waals surface area contributed by atoms with Crippen LogP contribution in [0.5, 0.6) is 11.8 Å². The number of para-hydroxylation sites is 4. The van der Waals surface area contributed by atoms with E-state index in [-0.39, 0.29) is 11.8 Å². The quantitative estimate of drug-likeness (QED) is 0.171. The van der Waals surface area contributed by atoms with Crippen LogP contribution in [0.4, 0.5) is 22.7 Å². The summed E-state index contributed by atoms with van der Waals surface area (Å²) in [6, 6.07) is 38.9. The molecule has 6 heterocycles. The standard InChI is InChI=1S/C43H40N12O4/c1-27-35-39(52(48-27)31-19-11-7-12-20-31)56-43(58-41-37(46-44-35)29(3)50(5)54(41)33-23-15-9-16-24-33)57-40-36(28(2)49-53(40)32-21-13-8-14-22-32)45-47-38-30(4)51(6)55(42(38)59-43)34-25-17-10-18-26-34/h7-26,41-42H,1-6H3. The molecule has 0 N–H and O–H groups in total. The Kier molecular flexibility index (Phi) is 8.54. The molecule has 4 aliphatic rings. The summed E-state index contributed by atoms with van der Waals surface area (Å²) in [5, 5.41) is 37.1. The van der Waals surface area contributed by atoms with Crippen molar-refractivity contribution in [1.29, 1.82) is 0 Å². The third kappa shape index (κ3) is 5.90. The lowest BCUT2D eigenvalue weighted by Gasteiger charge is -2.41. The van der Waals surface area contributed by atoms with Gasteiger partial charge in [0.05, 0.1) is 45.5 Å². The zero-order valence-electron chi connectivity index (χ0n) is 33.2. The first-order chi connectivity index (χ1) is 28.7. The Morgan fingerprint density at radius 1 is 0.458 bits per heavy atom. The van der Waals surface area contributed by atoms with Crippen molar-refractivity contribution in [3.05, 3.63) is 156 Å². The van der Waals surface area contributed by atoms with Gasteiger partial charge in [-0.2, -0.15) is 19.6 Å². The summed E-state index contributed by atoms with van der Waals surface area (Å²) in [4.78, 5) is 0. The number of hydrogen-bond donors (Lipinski definition) is 0. The fourth-order valence-electron chi connectivity index (χ4n) is 7.55. The van der Waals surface area contributed by atoms with Gasteiger partial charge in [-0.25, -0.2) is 9.47 Å². The van der Waals surface area contributed by atoms with Crippen LogP contribution in [0.1, 0.15) is 25.2 Å². The van der Waals surface area contributed by atoms with Gasteiger partial charge in [0.1, 0.15) is 11.4 Å². The van der Waals surface area contributed by atoms with Crippen molar-refractivity contribution >= 4 is 22.7 Å². The minimum absolute atomic E-state index is 0.160. The number of anilines is 2. The van der Waals surface area contributed by atoms with E-state index in [2.05, 4.69) is 0 Å². The van der Waals surface area contributed by atoms with Gasteiger partial charge in [-0.3, -0.25) is 20.0 Å². The highest BCUT2D eigenvalue weighted by Gasteiger charge is 2.56. The van der Waals surface area contributed by atoms with Crippen molar-refractivity contribution in [1.82, 2.24) is 29.6 Å². The molecule has 0 radical (unpaired) electrons. The molecule has 16 heteroatoms. The first kappa shape index (κ1) is 36.1. The van der Waals surface area contributed by atoms with E-state index in [0.717, 1.165) is 22.8 Å².